The Morgan fingerprint density at radius 1 is 1.08 bits per heavy atom. The topological polar surface area (TPSA) is 3.24 Å². The number of anilines is 1. The van der Waals surface area contributed by atoms with Crippen LogP contribution in [0.2, 0.25) is 0 Å². The molecule has 66 valence electrons. The molecule has 1 nitrogen and oxygen atoms in total. The fourth-order valence-corrected chi connectivity index (χ4v) is 1.38. The maximum atomic E-state index is 2.39. The molecule has 0 aromatic heterocycles. The fourth-order valence-electron chi connectivity index (χ4n) is 1.38. The van der Waals surface area contributed by atoms with E-state index in [4.69, 9.17) is 0 Å². The van der Waals surface area contributed by atoms with E-state index in [0.717, 1.165) is 13.1 Å². The summed E-state index contributed by atoms with van der Waals surface area (Å²) in [5.41, 5.74) is 1.34. The van der Waals surface area contributed by atoms with E-state index in [1.165, 1.54) is 12.1 Å². The van der Waals surface area contributed by atoms with Gasteiger partial charge in [0.2, 0.25) is 0 Å². The van der Waals surface area contributed by atoms with E-state index in [-0.39, 0.29) is 0 Å². The maximum Gasteiger partial charge on any atom is 0.0366 e. The molecule has 0 atom stereocenters. The Labute approximate surface area is 75.0 Å². The first kappa shape index (κ1) is 9.11. The number of hydrogen-bond acceptors (Lipinski definition) is 1. The zero-order valence-corrected chi connectivity index (χ0v) is 7.96. The van der Waals surface area contributed by atoms with Gasteiger partial charge >= 0.3 is 0 Å². The highest BCUT2D eigenvalue weighted by Gasteiger charge is 1.99. The summed E-state index contributed by atoms with van der Waals surface area (Å²) >= 11 is 0. The molecule has 0 aliphatic carbocycles. The number of rotatable bonds is 4. The molecule has 1 aromatic rings. The molecule has 1 heteroatoms. The molecular weight excluding hydrogens is 146 g/mol. The van der Waals surface area contributed by atoms with Gasteiger partial charge in [-0.1, -0.05) is 25.1 Å². The van der Waals surface area contributed by atoms with Gasteiger partial charge in [-0.05, 0) is 25.5 Å². The molecule has 0 aliphatic heterocycles. The smallest absolute Gasteiger partial charge is 0.0366 e. The molecule has 0 saturated carbocycles. The Morgan fingerprint density at radius 2 is 1.75 bits per heavy atom. The lowest BCUT2D eigenvalue weighted by molar-refractivity contribution is 0.792. The molecular formula is C11H17N. The van der Waals surface area contributed by atoms with Gasteiger partial charge in [-0.3, -0.25) is 0 Å². The van der Waals surface area contributed by atoms with Crippen molar-refractivity contribution in [2.24, 2.45) is 0 Å². The predicted molar refractivity (Wildman–Crippen MR) is 54.6 cm³/mol. The van der Waals surface area contributed by atoms with Gasteiger partial charge in [0.1, 0.15) is 0 Å². The fraction of sp³-hybridized carbons (Fsp3) is 0.455. The average molecular weight is 163 g/mol. The first-order chi connectivity index (χ1) is 5.88. The van der Waals surface area contributed by atoms with Crippen molar-refractivity contribution in [3.8, 4) is 0 Å². The SMILES string of the molecule is CCCN(CC)c1ccccc1. The number of benzene rings is 1. The lowest BCUT2D eigenvalue weighted by Gasteiger charge is -2.21. The standard InChI is InChI=1S/C11H17N/c1-3-10-12(4-2)11-8-6-5-7-9-11/h5-9H,3-4,10H2,1-2H3. The van der Waals surface area contributed by atoms with Gasteiger partial charge in [0.05, 0.1) is 0 Å². The Kier molecular flexibility index (Phi) is 3.65. The second-order valence-corrected chi connectivity index (χ2v) is 2.92. The Balaban J connectivity index is 2.66. The summed E-state index contributed by atoms with van der Waals surface area (Å²) in [5, 5.41) is 0. The van der Waals surface area contributed by atoms with Crippen LogP contribution in [0, 0.1) is 0 Å². The van der Waals surface area contributed by atoms with Gasteiger partial charge in [0.25, 0.3) is 0 Å². The van der Waals surface area contributed by atoms with E-state index in [2.05, 4.69) is 49.1 Å². The Morgan fingerprint density at radius 3 is 2.25 bits per heavy atom. The van der Waals surface area contributed by atoms with Crippen LogP contribution in [-0.2, 0) is 0 Å². The van der Waals surface area contributed by atoms with Gasteiger partial charge in [-0.2, -0.15) is 0 Å². The summed E-state index contributed by atoms with van der Waals surface area (Å²) in [4.78, 5) is 2.39. The number of nitrogens with zero attached hydrogens (tertiary/aromatic N) is 1. The zero-order chi connectivity index (χ0) is 8.81. The third kappa shape index (κ3) is 2.26. The lowest BCUT2D eigenvalue weighted by atomic mass is 10.3. The van der Waals surface area contributed by atoms with E-state index in [9.17, 15) is 0 Å². The quantitative estimate of drug-likeness (QED) is 0.659. The maximum absolute atomic E-state index is 2.39. The van der Waals surface area contributed by atoms with Crippen LogP contribution in [0.25, 0.3) is 0 Å². The summed E-state index contributed by atoms with van der Waals surface area (Å²) < 4.78 is 0. The minimum Gasteiger partial charge on any atom is -0.372 e. The molecule has 0 aliphatic rings. The molecule has 0 N–H and O–H groups in total. The van der Waals surface area contributed by atoms with Gasteiger partial charge < -0.3 is 4.90 Å². The summed E-state index contributed by atoms with van der Waals surface area (Å²) in [7, 11) is 0. The highest BCUT2D eigenvalue weighted by atomic mass is 15.1. The van der Waals surface area contributed by atoms with E-state index in [0.29, 0.717) is 0 Å². The summed E-state index contributed by atoms with van der Waals surface area (Å²) in [6.45, 7) is 6.66. The van der Waals surface area contributed by atoms with Crippen LogP contribution >= 0.6 is 0 Å². The van der Waals surface area contributed by atoms with Crippen LogP contribution in [0.5, 0.6) is 0 Å². The Bertz CT molecular complexity index is 206. The van der Waals surface area contributed by atoms with Crippen LogP contribution in [-0.4, -0.2) is 13.1 Å². The third-order valence-corrected chi connectivity index (χ3v) is 2.00. The summed E-state index contributed by atoms with van der Waals surface area (Å²) in [6, 6.07) is 10.6. The van der Waals surface area contributed by atoms with Gasteiger partial charge in [0.15, 0.2) is 0 Å². The normalized spacial score (nSPS) is 9.83. The predicted octanol–water partition coefficient (Wildman–Crippen LogP) is 2.92. The number of hydrogen-bond donors (Lipinski definition) is 0. The average Bonchev–Trinajstić information content (AvgIpc) is 2.15. The highest BCUT2D eigenvalue weighted by Crippen LogP contribution is 2.12. The van der Waals surface area contributed by atoms with Crippen LogP contribution in [0.4, 0.5) is 5.69 Å². The van der Waals surface area contributed by atoms with Crippen molar-refractivity contribution in [2.75, 3.05) is 18.0 Å². The second-order valence-electron chi connectivity index (χ2n) is 2.92. The first-order valence-electron chi connectivity index (χ1n) is 4.68. The highest BCUT2D eigenvalue weighted by molar-refractivity contribution is 5.45. The van der Waals surface area contributed by atoms with Gasteiger partial charge in [0, 0.05) is 18.8 Å². The molecule has 0 radical (unpaired) electrons. The van der Waals surface area contributed by atoms with E-state index in [1.54, 1.807) is 0 Å². The zero-order valence-electron chi connectivity index (χ0n) is 7.96. The van der Waals surface area contributed by atoms with Crippen molar-refractivity contribution in [2.45, 2.75) is 20.3 Å². The largest absolute Gasteiger partial charge is 0.372 e. The molecule has 0 bridgehead atoms. The molecule has 0 spiro atoms. The molecule has 0 heterocycles. The van der Waals surface area contributed by atoms with Crippen LogP contribution in [0.1, 0.15) is 20.3 Å². The molecule has 1 rings (SSSR count). The van der Waals surface area contributed by atoms with E-state index >= 15 is 0 Å². The van der Waals surface area contributed by atoms with E-state index < -0.39 is 0 Å². The van der Waals surface area contributed by atoms with Gasteiger partial charge in [-0.25, -0.2) is 0 Å². The van der Waals surface area contributed by atoms with Gasteiger partial charge in [-0.15, -0.1) is 0 Å². The lowest BCUT2D eigenvalue weighted by Crippen LogP contribution is -2.23. The third-order valence-electron chi connectivity index (χ3n) is 2.00. The van der Waals surface area contributed by atoms with Crippen molar-refractivity contribution < 1.29 is 0 Å². The van der Waals surface area contributed by atoms with Crippen molar-refractivity contribution in [3.05, 3.63) is 30.3 Å². The van der Waals surface area contributed by atoms with Crippen LogP contribution < -0.4 is 4.90 Å². The first-order valence-corrected chi connectivity index (χ1v) is 4.68. The molecule has 12 heavy (non-hydrogen) atoms. The van der Waals surface area contributed by atoms with Crippen molar-refractivity contribution >= 4 is 5.69 Å². The summed E-state index contributed by atoms with van der Waals surface area (Å²) in [6.07, 6.45) is 1.21. The van der Waals surface area contributed by atoms with Crippen LogP contribution in [0.15, 0.2) is 30.3 Å². The minimum absolute atomic E-state index is 1.10. The Hall–Kier alpha value is -0.980. The van der Waals surface area contributed by atoms with Crippen molar-refractivity contribution in [1.29, 1.82) is 0 Å². The molecule has 1 aromatic carbocycles. The monoisotopic (exact) mass is 163 g/mol. The van der Waals surface area contributed by atoms with Crippen molar-refractivity contribution in [3.63, 3.8) is 0 Å². The number of para-hydroxylation sites is 1. The molecule has 0 amide bonds. The molecule has 0 saturated heterocycles. The van der Waals surface area contributed by atoms with Crippen molar-refractivity contribution in [1.82, 2.24) is 0 Å². The molecule has 0 fully saturated rings. The summed E-state index contributed by atoms with van der Waals surface area (Å²) in [5.74, 6) is 0. The van der Waals surface area contributed by atoms with E-state index in [1.807, 2.05) is 0 Å². The van der Waals surface area contributed by atoms with Crippen LogP contribution in [0.3, 0.4) is 0 Å². The minimum atomic E-state index is 1.10. The molecule has 0 unspecified atom stereocenters. The second kappa shape index (κ2) is 4.81.